The number of carbonyl (C=O) groups is 1. The maximum Gasteiger partial charge on any atom is 0.227 e. The van der Waals surface area contributed by atoms with E-state index in [2.05, 4.69) is 10.3 Å². The Morgan fingerprint density at radius 2 is 1.95 bits per heavy atom. The average Bonchev–Trinajstić information content (AvgIpc) is 2.48. The number of hydrogen-bond acceptors (Lipinski definition) is 2. The van der Waals surface area contributed by atoms with Crippen molar-refractivity contribution in [3.8, 4) is 0 Å². The normalized spacial score (nSPS) is 16.2. The predicted octanol–water partition coefficient (Wildman–Crippen LogP) is 4.06. The summed E-state index contributed by atoms with van der Waals surface area (Å²) >= 11 is 0. The Morgan fingerprint density at radius 1 is 1.15 bits per heavy atom. The van der Waals surface area contributed by atoms with Crippen molar-refractivity contribution >= 4 is 22.5 Å². The second-order valence-electron chi connectivity index (χ2n) is 5.68. The average molecular weight is 268 g/mol. The maximum absolute atomic E-state index is 12.2. The molecule has 2 aromatic rings. The lowest BCUT2D eigenvalue weighted by atomic mass is 9.88. The topological polar surface area (TPSA) is 42.0 Å². The summed E-state index contributed by atoms with van der Waals surface area (Å²) in [5.41, 5.74) is 2.86. The lowest BCUT2D eigenvalue weighted by Crippen LogP contribution is -2.24. The van der Waals surface area contributed by atoms with Gasteiger partial charge in [-0.05, 0) is 44.0 Å². The first-order chi connectivity index (χ1) is 9.72. The summed E-state index contributed by atoms with van der Waals surface area (Å²) in [7, 11) is 0. The molecule has 104 valence electrons. The van der Waals surface area contributed by atoms with Crippen LogP contribution >= 0.6 is 0 Å². The molecule has 0 radical (unpaired) electrons. The molecule has 1 N–H and O–H groups in total. The minimum absolute atomic E-state index is 0.170. The van der Waals surface area contributed by atoms with Gasteiger partial charge < -0.3 is 5.32 Å². The SMILES string of the molecule is Cc1ccc2cc(NC(=O)C3CCCCC3)ccc2n1. The molecule has 3 heteroatoms. The fourth-order valence-electron chi connectivity index (χ4n) is 2.91. The summed E-state index contributed by atoms with van der Waals surface area (Å²) in [4.78, 5) is 16.7. The number of nitrogens with zero attached hydrogens (tertiary/aromatic N) is 1. The van der Waals surface area contributed by atoms with E-state index in [-0.39, 0.29) is 11.8 Å². The Bertz CT molecular complexity index is 630. The van der Waals surface area contributed by atoms with Crippen LogP contribution in [0, 0.1) is 12.8 Å². The lowest BCUT2D eigenvalue weighted by Gasteiger charge is -2.20. The molecular formula is C17H20N2O. The molecule has 0 atom stereocenters. The number of amides is 1. The summed E-state index contributed by atoms with van der Waals surface area (Å²) < 4.78 is 0. The number of nitrogens with one attached hydrogen (secondary N) is 1. The van der Waals surface area contributed by atoms with Gasteiger partial charge in [-0.1, -0.05) is 25.3 Å². The molecule has 1 aliphatic carbocycles. The molecular weight excluding hydrogens is 248 g/mol. The van der Waals surface area contributed by atoms with E-state index in [9.17, 15) is 4.79 Å². The van der Waals surface area contributed by atoms with E-state index in [1.807, 2.05) is 37.3 Å². The van der Waals surface area contributed by atoms with Gasteiger partial charge in [0.2, 0.25) is 5.91 Å². The number of carbonyl (C=O) groups excluding carboxylic acids is 1. The summed E-state index contributed by atoms with van der Waals surface area (Å²) in [5, 5.41) is 4.12. The van der Waals surface area contributed by atoms with Crippen LogP contribution < -0.4 is 5.32 Å². The highest BCUT2D eigenvalue weighted by atomic mass is 16.1. The number of aromatic nitrogens is 1. The molecule has 1 aromatic heterocycles. The summed E-state index contributed by atoms with van der Waals surface area (Å²) in [6.45, 7) is 1.98. The van der Waals surface area contributed by atoms with Gasteiger partial charge in [0.1, 0.15) is 0 Å². The first-order valence-electron chi connectivity index (χ1n) is 7.41. The number of aryl methyl sites for hydroxylation is 1. The van der Waals surface area contributed by atoms with Crippen LogP contribution in [-0.4, -0.2) is 10.9 Å². The zero-order chi connectivity index (χ0) is 13.9. The van der Waals surface area contributed by atoms with E-state index < -0.39 is 0 Å². The van der Waals surface area contributed by atoms with Gasteiger partial charge in [0.25, 0.3) is 0 Å². The number of rotatable bonds is 2. The number of benzene rings is 1. The lowest BCUT2D eigenvalue weighted by molar-refractivity contribution is -0.120. The van der Waals surface area contributed by atoms with Crippen LogP contribution in [0.4, 0.5) is 5.69 Å². The van der Waals surface area contributed by atoms with Gasteiger partial charge in [-0.3, -0.25) is 9.78 Å². The third kappa shape index (κ3) is 2.82. The van der Waals surface area contributed by atoms with Crippen LogP contribution in [0.25, 0.3) is 10.9 Å². The third-order valence-electron chi connectivity index (χ3n) is 4.07. The van der Waals surface area contributed by atoms with Crippen LogP contribution in [0.15, 0.2) is 30.3 Å². The van der Waals surface area contributed by atoms with Crippen molar-refractivity contribution < 1.29 is 4.79 Å². The monoisotopic (exact) mass is 268 g/mol. The molecule has 1 aliphatic rings. The van der Waals surface area contributed by atoms with Crippen molar-refractivity contribution in [2.45, 2.75) is 39.0 Å². The van der Waals surface area contributed by atoms with E-state index in [0.29, 0.717) is 0 Å². The van der Waals surface area contributed by atoms with Crippen LogP contribution in [0.3, 0.4) is 0 Å². The van der Waals surface area contributed by atoms with Crippen molar-refractivity contribution in [3.05, 3.63) is 36.0 Å². The standard InChI is InChI=1S/C17H20N2O/c1-12-7-8-14-11-15(9-10-16(14)18-12)19-17(20)13-5-3-2-4-6-13/h7-11,13H,2-6H2,1H3,(H,19,20). The summed E-state index contributed by atoms with van der Waals surface area (Å²) in [6.07, 6.45) is 5.68. The minimum Gasteiger partial charge on any atom is -0.326 e. The van der Waals surface area contributed by atoms with Crippen molar-refractivity contribution in [2.24, 2.45) is 5.92 Å². The van der Waals surface area contributed by atoms with Gasteiger partial charge in [-0.25, -0.2) is 0 Å². The highest BCUT2D eigenvalue weighted by Gasteiger charge is 2.20. The molecule has 0 unspecified atom stereocenters. The first-order valence-corrected chi connectivity index (χ1v) is 7.41. The van der Waals surface area contributed by atoms with E-state index in [4.69, 9.17) is 0 Å². The van der Waals surface area contributed by atoms with Crippen molar-refractivity contribution in [1.29, 1.82) is 0 Å². The zero-order valence-electron chi connectivity index (χ0n) is 11.9. The molecule has 3 nitrogen and oxygen atoms in total. The van der Waals surface area contributed by atoms with Crippen molar-refractivity contribution in [3.63, 3.8) is 0 Å². The van der Waals surface area contributed by atoms with Crippen molar-refractivity contribution in [1.82, 2.24) is 4.98 Å². The van der Waals surface area contributed by atoms with Crippen LogP contribution in [0.2, 0.25) is 0 Å². The van der Waals surface area contributed by atoms with Gasteiger partial charge in [-0.15, -0.1) is 0 Å². The van der Waals surface area contributed by atoms with E-state index in [1.165, 1.54) is 19.3 Å². The van der Waals surface area contributed by atoms with E-state index >= 15 is 0 Å². The first kappa shape index (κ1) is 13.1. The number of anilines is 1. The Balaban J connectivity index is 1.76. The summed E-state index contributed by atoms with van der Waals surface area (Å²) in [5.74, 6) is 0.361. The van der Waals surface area contributed by atoms with Crippen molar-refractivity contribution in [2.75, 3.05) is 5.32 Å². The smallest absolute Gasteiger partial charge is 0.227 e. The molecule has 0 aliphatic heterocycles. The Kier molecular flexibility index (Phi) is 3.68. The highest BCUT2D eigenvalue weighted by molar-refractivity contribution is 5.95. The molecule has 3 rings (SSSR count). The van der Waals surface area contributed by atoms with Gasteiger partial charge in [0.15, 0.2) is 0 Å². The number of pyridine rings is 1. The Labute approximate surface area is 119 Å². The fraction of sp³-hybridized carbons (Fsp3) is 0.412. The largest absolute Gasteiger partial charge is 0.326 e. The molecule has 1 aromatic carbocycles. The quantitative estimate of drug-likeness (QED) is 0.892. The van der Waals surface area contributed by atoms with Gasteiger partial charge in [0.05, 0.1) is 5.52 Å². The van der Waals surface area contributed by atoms with E-state index in [0.717, 1.165) is 35.1 Å². The molecule has 1 heterocycles. The number of fused-ring (bicyclic) bond motifs is 1. The zero-order valence-corrected chi connectivity index (χ0v) is 11.9. The molecule has 1 saturated carbocycles. The van der Waals surface area contributed by atoms with Gasteiger partial charge in [0, 0.05) is 22.7 Å². The van der Waals surface area contributed by atoms with Crippen LogP contribution in [0.1, 0.15) is 37.8 Å². The molecule has 0 saturated heterocycles. The molecule has 20 heavy (non-hydrogen) atoms. The Hall–Kier alpha value is -1.90. The molecule has 1 fully saturated rings. The predicted molar refractivity (Wildman–Crippen MR) is 81.7 cm³/mol. The number of hydrogen-bond donors (Lipinski definition) is 1. The highest BCUT2D eigenvalue weighted by Crippen LogP contribution is 2.25. The molecule has 1 amide bonds. The summed E-state index contributed by atoms with van der Waals surface area (Å²) in [6, 6.07) is 9.96. The maximum atomic E-state index is 12.2. The third-order valence-corrected chi connectivity index (χ3v) is 4.07. The minimum atomic E-state index is 0.170. The van der Waals surface area contributed by atoms with Crippen LogP contribution in [0.5, 0.6) is 0 Å². The molecule has 0 bridgehead atoms. The van der Waals surface area contributed by atoms with E-state index in [1.54, 1.807) is 0 Å². The van der Waals surface area contributed by atoms with Gasteiger partial charge >= 0.3 is 0 Å². The second-order valence-corrected chi connectivity index (χ2v) is 5.68. The Morgan fingerprint density at radius 3 is 2.75 bits per heavy atom. The molecule has 0 spiro atoms. The van der Waals surface area contributed by atoms with Gasteiger partial charge in [-0.2, -0.15) is 0 Å². The fourth-order valence-corrected chi connectivity index (χ4v) is 2.91. The second kappa shape index (κ2) is 5.61. The van der Waals surface area contributed by atoms with Crippen LogP contribution in [-0.2, 0) is 4.79 Å².